The molecular weight excluding hydrogens is 538 g/mol. The molecule has 0 aromatic heterocycles. The molecule has 2 atom stereocenters. The summed E-state index contributed by atoms with van der Waals surface area (Å²) >= 11 is 0. The van der Waals surface area contributed by atoms with Gasteiger partial charge in [0.05, 0.1) is 26.7 Å². The van der Waals surface area contributed by atoms with Crippen molar-refractivity contribution in [1.29, 1.82) is 0 Å². The zero-order valence-electron chi connectivity index (χ0n) is 24.2. The lowest BCUT2D eigenvalue weighted by molar-refractivity contribution is -0.138. The van der Waals surface area contributed by atoms with E-state index in [9.17, 15) is 24.3 Å². The molecule has 0 saturated carbocycles. The summed E-state index contributed by atoms with van der Waals surface area (Å²) in [7, 11) is 2.96. The fourth-order valence-corrected chi connectivity index (χ4v) is 4.50. The Balaban J connectivity index is 1.67. The Morgan fingerprint density at radius 1 is 0.786 bits per heavy atom. The third kappa shape index (κ3) is 9.36. The van der Waals surface area contributed by atoms with Crippen molar-refractivity contribution < 1.29 is 33.8 Å². The molecule has 0 aliphatic heterocycles. The van der Waals surface area contributed by atoms with Gasteiger partial charge in [-0.1, -0.05) is 38.1 Å². The van der Waals surface area contributed by atoms with Gasteiger partial charge in [-0.2, -0.15) is 0 Å². The summed E-state index contributed by atoms with van der Waals surface area (Å²) in [5.74, 6) is -1.81. The monoisotopic (exact) mass is 575 g/mol. The molecule has 3 aromatic rings. The van der Waals surface area contributed by atoms with E-state index < -0.39 is 23.8 Å². The Morgan fingerprint density at radius 3 is 1.98 bits per heavy atom. The Labute approximate surface area is 245 Å². The van der Waals surface area contributed by atoms with Crippen LogP contribution in [0.25, 0.3) is 0 Å². The Hall–Kier alpha value is -4.86. The van der Waals surface area contributed by atoms with Crippen molar-refractivity contribution in [3.8, 4) is 11.5 Å². The molecule has 0 aliphatic carbocycles. The van der Waals surface area contributed by atoms with Crippen LogP contribution in [-0.2, 0) is 14.4 Å². The lowest BCUT2D eigenvalue weighted by atomic mass is 9.92. The van der Waals surface area contributed by atoms with Gasteiger partial charge in [0.15, 0.2) is 11.5 Å². The van der Waals surface area contributed by atoms with Crippen LogP contribution in [0.2, 0.25) is 0 Å². The number of carboxylic acids is 1. The molecule has 3 rings (SSSR count). The summed E-state index contributed by atoms with van der Waals surface area (Å²) in [6.45, 7) is 3.90. The van der Waals surface area contributed by atoms with Gasteiger partial charge in [0.2, 0.25) is 11.8 Å². The van der Waals surface area contributed by atoms with Gasteiger partial charge in [0, 0.05) is 29.3 Å². The summed E-state index contributed by atoms with van der Waals surface area (Å²) in [5, 5.41) is 17.9. The van der Waals surface area contributed by atoms with Crippen molar-refractivity contribution in [2.45, 2.75) is 39.2 Å². The molecule has 3 amide bonds. The predicted molar refractivity (Wildman–Crippen MR) is 160 cm³/mol. The third-order valence-corrected chi connectivity index (χ3v) is 6.53. The molecule has 0 spiro atoms. The average molecular weight is 576 g/mol. The number of rotatable bonds is 14. The number of hydrogen-bond donors (Lipinski definition) is 4. The van der Waals surface area contributed by atoms with E-state index in [1.807, 2.05) is 19.9 Å². The van der Waals surface area contributed by atoms with E-state index in [-0.39, 0.29) is 30.6 Å². The highest BCUT2D eigenvalue weighted by atomic mass is 16.5. The quantitative estimate of drug-likeness (QED) is 0.205. The van der Waals surface area contributed by atoms with Crippen molar-refractivity contribution >= 4 is 35.1 Å². The minimum Gasteiger partial charge on any atom is -0.493 e. The van der Waals surface area contributed by atoms with Gasteiger partial charge in [-0.05, 0) is 66.4 Å². The molecule has 0 heterocycles. The molecular formula is C32H37N3O7. The van der Waals surface area contributed by atoms with Crippen LogP contribution in [0.15, 0.2) is 72.8 Å². The fourth-order valence-electron chi connectivity index (χ4n) is 4.50. The van der Waals surface area contributed by atoms with Crippen LogP contribution >= 0.6 is 0 Å². The summed E-state index contributed by atoms with van der Waals surface area (Å²) in [6, 6.07) is 19.6. The number of hydrogen-bond acceptors (Lipinski definition) is 6. The van der Waals surface area contributed by atoms with E-state index in [4.69, 9.17) is 9.47 Å². The lowest BCUT2D eigenvalue weighted by Crippen LogP contribution is -2.37. The highest BCUT2D eigenvalue weighted by Crippen LogP contribution is 2.31. The fraction of sp³-hybridized carbons (Fsp3) is 0.312. The minimum absolute atomic E-state index is 0.0950. The topological polar surface area (TPSA) is 143 Å². The van der Waals surface area contributed by atoms with Crippen molar-refractivity contribution in [1.82, 2.24) is 5.32 Å². The number of methoxy groups -OCH3 is 2. The standard InChI is InChI=1S/C32H37N3O7/c1-20(2)16-23(32(40)35-26(19-30(37)38)22-10-15-27(41-3)28(17-22)42-4)18-29(36)33-24-11-13-25(14-12-24)34-31(39)21-8-6-5-7-9-21/h5-15,17,20,23,26H,16,18-19H2,1-4H3,(H,33,36)(H,34,39)(H,35,40)(H,37,38)/t23?,26-/m0/s1. The van der Waals surface area contributed by atoms with Crippen LogP contribution in [0.5, 0.6) is 11.5 Å². The average Bonchev–Trinajstić information content (AvgIpc) is 2.97. The first-order valence-corrected chi connectivity index (χ1v) is 13.6. The zero-order valence-corrected chi connectivity index (χ0v) is 24.2. The molecule has 0 aliphatic rings. The van der Waals surface area contributed by atoms with Crippen LogP contribution in [0.4, 0.5) is 11.4 Å². The highest BCUT2D eigenvalue weighted by Gasteiger charge is 2.27. The zero-order chi connectivity index (χ0) is 30.6. The first-order valence-electron chi connectivity index (χ1n) is 13.6. The number of amides is 3. The summed E-state index contributed by atoms with van der Waals surface area (Å²) < 4.78 is 10.6. The molecule has 1 unspecified atom stereocenters. The SMILES string of the molecule is COc1ccc([C@H](CC(=O)O)NC(=O)C(CC(=O)Nc2ccc(NC(=O)c3ccccc3)cc2)CC(C)C)cc1OC. The largest absolute Gasteiger partial charge is 0.493 e. The van der Waals surface area contributed by atoms with Crippen molar-refractivity contribution in [2.75, 3.05) is 24.9 Å². The van der Waals surface area contributed by atoms with Crippen LogP contribution in [-0.4, -0.2) is 43.0 Å². The Bertz CT molecular complexity index is 1370. The number of carbonyl (C=O) groups excluding carboxylic acids is 3. The van der Waals surface area contributed by atoms with Gasteiger partial charge in [-0.25, -0.2) is 0 Å². The van der Waals surface area contributed by atoms with E-state index in [0.29, 0.717) is 40.4 Å². The third-order valence-electron chi connectivity index (χ3n) is 6.53. The number of carbonyl (C=O) groups is 4. The van der Waals surface area contributed by atoms with Gasteiger partial charge in [-0.3, -0.25) is 19.2 Å². The number of carboxylic acid groups (broad SMARTS) is 1. The van der Waals surface area contributed by atoms with E-state index >= 15 is 0 Å². The molecule has 10 heteroatoms. The molecule has 0 saturated heterocycles. The smallest absolute Gasteiger partial charge is 0.305 e. The van der Waals surface area contributed by atoms with Crippen molar-refractivity contribution in [2.24, 2.45) is 11.8 Å². The lowest BCUT2D eigenvalue weighted by Gasteiger charge is -2.24. The molecule has 222 valence electrons. The first-order chi connectivity index (χ1) is 20.1. The molecule has 0 radical (unpaired) electrons. The van der Waals surface area contributed by atoms with Crippen molar-refractivity contribution in [3.63, 3.8) is 0 Å². The molecule has 4 N–H and O–H groups in total. The van der Waals surface area contributed by atoms with Crippen molar-refractivity contribution in [3.05, 3.63) is 83.9 Å². The molecule has 3 aromatic carbocycles. The predicted octanol–water partition coefficient (Wildman–Crippen LogP) is 5.28. The first kappa shape index (κ1) is 31.7. The number of anilines is 2. The number of aliphatic carboxylic acids is 1. The maximum Gasteiger partial charge on any atom is 0.305 e. The number of ether oxygens (including phenoxy) is 2. The summed E-state index contributed by atoms with van der Waals surface area (Å²) in [4.78, 5) is 50.4. The Kier molecular flexibility index (Phi) is 11.5. The minimum atomic E-state index is -1.09. The van der Waals surface area contributed by atoms with Crippen LogP contribution < -0.4 is 25.4 Å². The van der Waals surface area contributed by atoms with Gasteiger partial charge in [0.1, 0.15) is 0 Å². The number of benzene rings is 3. The molecule has 0 bridgehead atoms. The van der Waals surface area contributed by atoms with Crippen LogP contribution in [0.3, 0.4) is 0 Å². The van der Waals surface area contributed by atoms with Gasteiger partial charge >= 0.3 is 5.97 Å². The molecule has 42 heavy (non-hydrogen) atoms. The van der Waals surface area contributed by atoms with E-state index in [1.54, 1.807) is 66.7 Å². The second kappa shape index (κ2) is 15.2. The highest BCUT2D eigenvalue weighted by molar-refractivity contribution is 6.04. The molecule has 0 fully saturated rings. The van der Waals surface area contributed by atoms with Gasteiger partial charge < -0.3 is 30.5 Å². The van der Waals surface area contributed by atoms with Crippen LogP contribution in [0.1, 0.15) is 55.1 Å². The van der Waals surface area contributed by atoms with E-state index in [2.05, 4.69) is 16.0 Å². The molecule has 10 nitrogen and oxygen atoms in total. The Morgan fingerprint density at radius 2 is 1.40 bits per heavy atom. The van der Waals surface area contributed by atoms with Gasteiger partial charge in [0.25, 0.3) is 5.91 Å². The normalized spacial score (nSPS) is 12.1. The summed E-state index contributed by atoms with van der Waals surface area (Å²) in [6.07, 6.45) is -0.0212. The number of nitrogens with one attached hydrogen (secondary N) is 3. The van der Waals surface area contributed by atoms with E-state index in [1.165, 1.54) is 14.2 Å². The maximum atomic E-state index is 13.4. The van der Waals surface area contributed by atoms with Gasteiger partial charge in [-0.15, -0.1) is 0 Å². The second-order valence-electron chi connectivity index (χ2n) is 10.2. The second-order valence-corrected chi connectivity index (χ2v) is 10.2. The van der Waals surface area contributed by atoms with Crippen LogP contribution in [0, 0.1) is 11.8 Å². The summed E-state index contributed by atoms with van der Waals surface area (Å²) in [5.41, 5.74) is 2.14. The van der Waals surface area contributed by atoms with E-state index in [0.717, 1.165) is 0 Å². The maximum absolute atomic E-state index is 13.4.